The van der Waals surface area contributed by atoms with E-state index < -0.39 is 0 Å². The number of aromatic nitrogens is 1. The van der Waals surface area contributed by atoms with Crippen LogP contribution in [0.25, 0.3) is 10.8 Å². The van der Waals surface area contributed by atoms with Gasteiger partial charge in [0.1, 0.15) is 11.5 Å². The molecule has 7 heteroatoms. The highest BCUT2D eigenvalue weighted by molar-refractivity contribution is 5.81. The summed E-state index contributed by atoms with van der Waals surface area (Å²) in [7, 11) is 1.67. The lowest BCUT2D eigenvalue weighted by molar-refractivity contribution is -0.0442. The fourth-order valence-electron chi connectivity index (χ4n) is 5.25. The number of hydrogen-bond donors (Lipinski definition) is 1. The lowest BCUT2D eigenvalue weighted by Gasteiger charge is -2.37. The number of methoxy groups -OCH3 is 1. The minimum absolute atomic E-state index is 0.0161. The number of rotatable bonds is 13. The molecule has 1 aromatic heterocycles. The standard InChI is InChI=1S/C33H38N2O5/c1-37-32-6-3-2-5-28(32)23-38-17-4-18-39-30-11-9-27(10-12-30)31-14-16-35(24-36)21-33(31)40-22-25-7-8-26-13-15-34-20-29(26)19-25/h2-3,5-13,15,19-20,31,33,36H,4,14,16-18,21-24H2,1H3. The smallest absolute Gasteiger partial charge is 0.124 e. The van der Waals surface area contributed by atoms with E-state index in [2.05, 4.69) is 35.3 Å². The average molecular weight is 543 g/mol. The van der Waals surface area contributed by atoms with Crippen molar-refractivity contribution in [3.8, 4) is 11.5 Å². The molecule has 4 aromatic rings. The van der Waals surface area contributed by atoms with Crippen LogP contribution in [0.2, 0.25) is 0 Å². The highest BCUT2D eigenvalue weighted by Gasteiger charge is 2.31. The van der Waals surface area contributed by atoms with Gasteiger partial charge in [0.2, 0.25) is 0 Å². The molecule has 1 saturated heterocycles. The predicted molar refractivity (Wildman–Crippen MR) is 156 cm³/mol. The van der Waals surface area contributed by atoms with E-state index in [9.17, 15) is 5.11 Å². The Labute approximate surface area is 236 Å². The van der Waals surface area contributed by atoms with Crippen molar-refractivity contribution in [1.82, 2.24) is 9.88 Å². The van der Waals surface area contributed by atoms with E-state index in [0.29, 0.717) is 33.0 Å². The molecule has 0 saturated carbocycles. The monoisotopic (exact) mass is 542 g/mol. The third-order valence-corrected chi connectivity index (χ3v) is 7.47. The molecule has 40 heavy (non-hydrogen) atoms. The van der Waals surface area contributed by atoms with E-state index in [1.165, 1.54) is 10.9 Å². The Morgan fingerprint density at radius 3 is 2.67 bits per heavy atom. The number of aliphatic hydroxyl groups excluding tert-OH is 1. The van der Waals surface area contributed by atoms with Gasteiger partial charge in [0.05, 0.1) is 46.4 Å². The lowest BCUT2D eigenvalue weighted by atomic mass is 9.87. The zero-order valence-electron chi connectivity index (χ0n) is 23.1. The minimum Gasteiger partial charge on any atom is -0.496 e. The average Bonchev–Trinajstić information content (AvgIpc) is 3.02. The Kier molecular flexibility index (Phi) is 9.98. The molecule has 3 aromatic carbocycles. The number of benzene rings is 3. The van der Waals surface area contributed by atoms with E-state index in [0.717, 1.165) is 47.4 Å². The first-order valence-electron chi connectivity index (χ1n) is 13.9. The number of nitrogens with zero attached hydrogens (tertiary/aromatic N) is 2. The van der Waals surface area contributed by atoms with Crippen molar-refractivity contribution >= 4 is 10.8 Å². The van der Waals surface area contributed by atoms with Crippen LogP contribution in [-0.2, 0) is 22.7 Å². The van der Waals surface area contributed by atoms with E-state index in [4.69, 9.17) is 18.9 Å². The quantitative estimate of drug-likeness (QED) is 0.222. The van der Waals surface area contributed by atoms with E-state index in [1.54, 1.807) is 7.11 Å². The Morgan fingerprint density at radius 2 is 1.82 bits per heavy atom. The van der Waals surface area contributed by atoms with Gasteiger partial charge in [-0.15, -0.1) is 0 Å². The van der Waals surface area contributed by atoms with Crippen LogP contribution in [-0.4, -0.2) is 61.2 Å². The molecule has 5 rings (SSSR count). The van der Waals surface area contributed by atoms with Crippen LogP contribution in [0.1, 0.15) is 35.4 Å². The number of fused-ring (bicyclic) bond motifs is 1. The number of likely N-dealkylation sites (tertiary alicyclic amines) is 1. The summed E-state index contributed by atoms with van der Waals surface area (Å²) < 4.78 is 23.6. The second-order valence-electron chi connectivity index (χ2n) is 10.2. The fourth-order valence-corrected chi connectivity index (χ4v) is 5.25. The van der Waals surface area contributed by atoms with Crippen LogP contribution in [0, 0.1) is 0 Å². The summed E-state index contributed by atoms with van der Waals surface area (Å²) in [6, 6.07) is 24.6. The van der Waals surface area contributed by atoms with Gasteiger partial charge in [-0.1, -0.05) is 42.5 Å². The SMILES string of the molecule is COc1ccccc1COCCCOc1ccc(C2CCN(CO)CC2OCc2ccc3ccncc3c2)cc1. The number of aliphatic hydroxyl groups is 1. The largest absolute Gasteiger partial charge is 0.496 e. The summed E-state index contributed by atoms with van der Waals surface area (Å²) in [6.07, 6.45) is 5.41. The minimum atomic E-state index is -0.0161. The summed E-state index contributed by atoms with van der Waals surface area (Å²) >= 11 is 0. The fraction of sp³-hybridized carbons (Fsp3) is 0.364. The molecule has 2 atom stereocenters. The van der Waals surface area contributed by atoms with E-state index >= 15 is 0 Å². The van der Waals surface area contributed by atoms with Crippen LogP contribution >= 0.6 is 0 Å². The maximum Gasteiger partial charge on any atom is 0.124 e. The molecule has 0 bridgehead atoms. The highest BCUT2D eigenvalue weighted by atomic mass is 16.5. The molecule has 0 spiro atoms. The van der Waals surface area contributed by atoms with Crippen LogP contribution in [0.5, 0.6) is 11.5 Å². The highest BCUT2D eigenvalue weighted by Crippen LogP contribution is 2.32. The molecule has 0 amide bonds. The van der Waals surface area contributed by atoms with Crippen LogP contribution in [0.4, 0.5) is 0 Å². The third kappa shape index (κ3) is 7.37. The van der Waals surface area contributed by atoms with Crippen molar-refractivity contribution in [3.63, 3.8) is 0 Å². The zero-order valence-corrected chi connectivity index (χ0v) is 23.1. The van der Waals surface area contributed by atoms with Gasteiger partial charge in [0.25, 0.3) is 0 Å². The molecular weight excluding hydrogens is 504 g/mol. The third-order valence-electron chi connectivity index (χ3n) is 7.47. The second-order valence-corrected chi connectivity index (χ2v) is 10.2. The second kappa shape index (κ2) is 14.2. The van der Waals surface area contributed by atoms with E-state index in [1.807, 2.05) is 59.8 Å². The van der Waals surface area contributed by atoms with Crippen LogP contribution < -0.4 is 9.47 Å². The van der Waals surface area contributed by atoms with Crippen molar-refractivity contribution in [2.75, 3.05) is 40.1 Å². The van der Waals surface area contributed by atoms with Crippen molar-refractivity contribution < 1.29 is 24.1 Å². The Morgan fingerprint density at radius 1 is 0.950 bits per heavy atom. The number of pyridine rings is 1. The number of hydrogen-bond acceptors (Lipinski definition) is 7. The molecule has 7 nitrogen and oxygen atoms in total. The zero-order chi connectivity index (χ0) is 27.6. The molecule has 1 N–H and O–H groups in total. The van der Waals surface area contributed by atoms with Gasteiger partial charge >= 0.3 is 0 Å². The van der Waals surface area contributed by atoms with Gasteiger partial charge in [0, 0.05) is 48.8 Å². The Hall–Kier alpha value is -3.49. The number of ether oxygens (including phenoxy) is 4. The first kappa shape index (κ1) is 28.1. The Bertz CT molecular complexity index is 1350. The molecule has 2 heterocycles. The summed E-state index contributed by atoms with van der Waals surface area (Å²) in [6.45, 7) is 3.84. The molecule has 1 fully saturated rings. The van der Waals surface area contributed by atoms with Crippen molar-refractivity contribution in [2.24, 2.45) is 0 Å². The van der Waals surface area contributed by atoms with Crippen molar-refractivity contribution in [1.29, 1.82) is 0 Å². The van der Waals surface area contributed by atoms with Gasteiger partial charge in [-0.2, -0.15) is 0 Å². The maximum absolute atomic E-state index is 9.76. The predicted octanol–water partition coefficient (Wildman–Crippen LogP) is 5.55. The molecule has 1 aliphatic rings. The van der Waals surface area contributed by atoms with Gasteiger partial charge in [-0.3, -0.25) is 9.88 Å². The maximum atomic E-state index is 9.76. The first-order valence-corrected chi connectivity index (χ1v) is 13.9. The van der Waals surface area contributed by atoms with E-state index in [-0.39, 0.29) is 18.8 Å². The number of para-hydroxylation sites is 1. The molecule has 1 aliphatic heterocycles. The van der Waals surface area contributed by atoms with Gasteiger partial charge in [0.15, 0.2) is 0 Å². The molecular formula is C33H38N2O5. The first-order chi connectivity index (χ1) is 19.7. The lowest BCUT2D eigenvalue weighted by Crippen LogP contribution is -2.44. The van der Waals surface area contributed by atoms with Gasteiger partial charge in [-0.25, -0.2) is 0 Å². The normalized spacial score (nSPS) is 17.6. The topological polar surface area (TPSA) is 73.3 Å². The van der Waals surface area contributed by atoms with Crippen LogP contribution in [0.3, 0.4) is 0 Å². The molecule has 0 aliphatic carbocycles. The summed E-state index contributed by atoms with van der Waals surface area (Å²) in [5, 5.41) is 12.0. The van der Waals surface area contributed by atoms with Gasteiger partial charge < -0.3 is 24.1 Å². The van der Waals surface area contributed by atoms with Crippen molar-refractivity contribution in [2.45, 2.75) is 38.1 Å². The number of piperidine rings is 1. The summed E-state index contributed by atoms with van der Waals surface area (Å²) in [4.78, 5) is 6.28. The molecule has 210 valence electrons. The Balaban J connectivity index is 1.11. The van der Waals surface area contributed by atoms with Gasteiger partial charge in [-0.05, 0) is 53.3 Å². The van der Waals surface area contributed by atoms with Crippen LogP contribution in [0.15, 0.2) is 85.2 Å². The summed E-state index contributed by atoms with van der Waals surface area (Å²) in [5.74, 6) is 1.95. The van der Waals surface area contributed by atoms with Crippen molar-refractivity contribution in [3.05, 3.63) is 102 Å². The molecule has 2 unspecified atom stereocenters. The molecule has 0 radical (unpaired) electrons. The summed E-state index contributed by atoms with van der Waals surface area (Å²) in [5.41, 5.74) is 3.40.